The van der Waals surface area contributed by atoms with Gasteiger partial charge in [0.25, 0.3) is 5.56 Å². The van der Waals surface area contributed by atoms with Crippen molar-refractivity contribution < 1.29 is 0 Å². The molecule has 1 aromatic carbocycles. The van der Waals surface area contributed by atoms with Crippen molar-refractivity contribution in [1.82, 2.24) is 14.9 Å². The molecule has 0 aliphatic carbocycles. The van der Waals surface area contributed by atoms with Crippen LogP contribution in [-0.2, 0) is 12.1 Å². The molecular formula is C13H14BrN3O. The second-order valence-corrected chi connectivity index (χ2v) is 6.16. The van der Waals surface area contributed by atoms with Crippen molar-refractivity contribution in [3.8, 4) is 0 Å². The van der Waals surface area contributed by atoms with Gasteiger partial charge in [0.15, 0.2) is 0 Å². The Hall–Kier alpha value is -1.20. The molecular weight excluding hydrogens is 294 g/mol. The molecule has 94 valence electrons. The molecule has 2 aromatic rings. The minimum Gasteiger partial charge on any atom is -0.308 e. The normalized spacial score (nSPS) is 17.7. The van der Waals surface area contributed by atoms with Crippen molar-refractivity contribution >= 4 is 26.8 Å². The molecule has 0 unspecified atom stereocenters. The summed E-state index contributed by atoms with van der Waals surface area (Å²) in [4.78, 5) is 17.2. The molecule has 0 amide bonds. The lowest BCUT2D eigenvalue weighted by Crippen LogP contribution is -2.50. The van der Waals surface area contributed by atoms with E-state index in [4.69, 9.17) is 0 Å². The molecule has 18 heavy (non-hydrogen) atoms. The van der Waals surface area contributed by atoms with Crippen LogP contribution in [0.3, 0.4) is 0 Å². The number of nitrogens with one attached hydrogen (secondary N) is 1. The Morgan fingerprint density at radius 2 is 2.22 bits per heavy atom. The highest BCUT2D eigenvalue weighted by molar-refractivity contribution is 9.10. The molecule has 4 nitrogen and oxygen atoms in total. The summed E-state index contributed by atoms with van der Waals surface area (Å²) in [6, 6.07) is 5.60. The molecule has 5 heteroatoms. The number of nitrogens with zero attached hydrogens (tertiary/aromatic N) is 2. The smallest absolute Gasteiger partial charge is 0.261 e. The van der Waals surface area contributed by atoms with Crippen molar-refractivity contribution in [3.63, 3.8) is 0 Å². The summed E-state index contributed by atoms with van der Waals surface area (Å²) in [5.41, 5.74) is 0.563. The van der Waals surface area contributed by atoms with Crippen LogP contribution in [0, 0.1) is 0 Å². The van der Waals surface area contributed by atoms with Crippen molar-refractivity contribution in [2.75, 3.05) is 6.54 Å². The Labute approximate surface area is 113 Å². The van der Waals surface area contributed by atoms with E-state index < -0.39 is 0 Å². The van der Waals surface area contributed by atoms with E-state index in [1.807, 2.05) is 22.8 Å². The van der Waals surface area contributed by atoms with Gasteiger partial charge >= 0.3 is 0 Å². The van der Waals surface area contributed by atoms with Crippen LogP contribution in [0.4, 0.5) is 0 Å². The lowest BCUT2D eigenvalue weighted by molar-refractivity contribution is 0.274. The second-order valence-electron chi connectivity index (χ2n) is 5.25. The van der Waals surface area contributed by atoms with Gasteiger partial charge in [0.05, 0.1) is 23.0 Å². The fraction of sp³-hybridized carbons (Fsp3) is 0.385. The molecule has 0 fully saturated rings. The third kappa shape index (κ3) is 1.69. The lowest BCUT2D eigenvalue weighted by Gasteiger charge is -2.34. The van der Waals surface area contributed by atoms with Crippen molar-refractivity contribution in [2.24, 2.45) is 0 Å². The van der Waals surface area contributed by atoms with E-state index in [2.05, 4.69) is 40.1 Å². The molecule has 3 rings (SSSR count). The summed E-state index contributed by atoms with van der Waals surface area (Å²) in [5, 5.41) is 3.98. The van der Waals surface area contributed by atoms with Crippen LogP contribution in [0.15, 0.2) is 27.5 Å². The highest BCUT2D eigenvalue weighted by Gasteiger charge is 2.29. The number of hydrogen-bond acceptors (Lipinski definition) is 3. The van der Waals surface area contributed by atoms with Crippen LogP contribution in [0.5, 0.6) is 0 Å². The predicted molar refractivity (Wildman–Crippen MR) is 74.7 cm³/mol. The Kier molecular flexibility index (Phi) is 2.57. The minimum absolute atomic E-state index is 0.0500. The first-order chi connectivity index (χ1) is 8.49. The van der Waals surface area contributed by atoms with Gasteiger partial charge in [0, 0.05) is 11.0 Å². The maximum atomic E-state index is 12.6. The minimum atomic E-state index is -0.237. The highest BCUT2D eigenvalue weighted by Crippen LogP contribution is 2.21. The first-order valence-electron chi connectivity index (χ1n) is 5.91. The van der Waals surface area contributed by atoms with E-state index in [0.29, 0.717) is 11.9 Å². The van der Waals surface area contributed by atoms with Gasteiger partial charge in [-0.25, -0.2) is 4.98 Å². The number of fused-ring (bicyclic) bond motifs is 2. The molecule has 0 radical (unpaired) electrons. The molecule has 0 atom stereocenters. The maximum absolute atomic E-state index is 12.6. The van der Waals surface area contributed by atoms with Gasteiger partial charge in [-0.15, -0.1) is 0 Å². The van der Waals surface area contributed by atoms with E-state index in [0.717, 1.165) is 22.4 Å². The topological polar surface area (TPSA) is 46.9 Å². The summed E-state index contributed by atoms with van der Waals surface area (Å²) < 4.78 is 2.76. The summed E-state index contributed by atoms with van der Waals surface area (Å²) in [5.74, 6) is 0.807. The number of halogens is 1. The predicted octanol–water partition coefficient (Wildman–Crippen LogP) is 2.00. The zero-order valence-corrected chi connectivity index (χ0v) is 11.9. The lowest BCUT2D eigenvalue weighted by atomic mass is 10.0. The Morgan fingerprint density at radius 3 is 3.00 bits per heavy atom. The van der Waals surface area contributed by atoms with E-state index in [-0.39, 0.29) is 11.1 Å². The summed E-state index contributed by atoms with van der Waals surface area (Å²) in [6.45, 7) is 5.53. The molecule has 1 aliphatic heterocycles. The quantitative estimate of drug-likeness (QED) is 0.810. The monoisotopic (exact) mass is 307 g/mol. The third-order valence-electron chi connectivity index (χ3n) is 3.35. The Morgan fingerprint density at radius 1 is 1.44 bits per heavy atom. The highest BCUT2D eigenvalue weighted by atomic mass is 79.9. The fourth-order valence-corrected chi connectivity index (χ4v) is 2.86. The van der Waals surface area contributed by atoms with E-state index >= 15 is 0 Å². The molecule has 1 aliphatic rings. The van der Waals surface area contributed by atoms with Gasteiger partial charge < -0.3 is 5.32 Å². The van der Waals surface area contributed by atoms with Gasteiger partial charge in [-0.1, -0.05) is 15.9 Å². The van der Waals surface area contributed by atoms with Crippen molar-refractivity contribution in [1.29, 1.82) is 0 Å². The number of hydrogen-bond donors (Lipinski definition) is 1. The first kappa shape index (κ1) is 11.9. The molecule has 1 N–H and O–H groups in total. The number of aromatic nitrogens is 2. The molecule has 2 heterocycles. The average molecular weight is 308 g/mol. The summed E-state index contributed by atoms with van der Waals surface area (Å²) >= 11 is 3.41. The second kappa shape index (κ2) is 3.90. The zero-order valence-electron chi connectivity index (χ0n) is 10.3. The molecule has 0 saturated carbocycles. The standard InChI is InChI=1S/C13H14BrN3O/c1-13(2)7-15-6-11-16-10-5-8(14)3-4-9(10)12(18)17(11)13/h3-5,15H,6-7H2,1-2H3. The van der Waals surface area contributed by atoms with E-state index in [1.165, 1.54) is 0 Å². The molecule has 0 spiro atoms. The molecule has 0 saturated heterocycles. The SMILES string of the molecule is CC1(C)CNCc2nc3cc(Br)ccc3c(=O)n21. The van der Waals surface area contributed by atoms with Crippen LogP contribution in [-0.4, -0.2) is 16.1 Å². The average Bonchev–Trinajstić information content (AvgIpc) is 2.27. The van der Waals surface area contributed by atoms with Gasteiger partial charge in [0.1, 0.15) is 5.82 Å². The van der Waals surface area contributed by atoms with Gasteiger partial charge in [0.2, 0.25) is 0 Å². The summed E-state index contributed by atoms with van der Waals surface area (Å²) in [6.07, 6.45) is 0. The van der Waals surface area contributed by atoms with Gasteiger partial charge in [-0.2, -0.15) is 0 Å². The largest absolute Gasteiger partial charge is 0.308 e. The van der Waals surface area contributed by atoms with Crippen molar-refractivity contribution in [2.45, 2.75) is 25.9 Å². The number of benzene rings is 1. The van der Waals surface area contributed by atoms with Crippen LogP contribution >= 0.6 is 15.9 Å². The van der Waals surface area contributed by atoms with Gasteiger partial charge in [-0.05, 0) is 32.0 Å². The molecule has 1 aromatic heterocycles. The van der Waals surface area contributed by atoms with E-state index in [9.17, 15) is 4.79 Å². The maximum Gasteiger partial charge on any atom is 0.261 e. The van der Waals surface area contributed by atoms with Crippen LogP contribution in [0.2, 0.25) is 0 Å². The third-order valence-corrected chi connectivity index (χ3v) is 3.84. The number of rotatable bonds is 0. The van der Waals surface area contributed by atoms with Crippen LogP contribution in [0.1, 0.15) is 19.7 Å². The Balaban J connectivity index is 2.42. The summed E-state index contributed by atoms with van der Waals surface area (Å²) in [7, 11) is 0. The van der Waals surface area contributed by atoms with E-state index in [1.54, 1.807) is 0 Å². The zero-order chi connectivity index (χ0) is 12.9. The van der Waals surface area contributed by atoms with Gasteiger partial charge in [-0.3, -0.25) is 9.36 Å². The molecule has 0 bridgehead atoms. The Bertz CT molecular complexity index is 690. The fourth-order valence-electron chi connectivity index (χ4n) is 2.51. The first-order valence-corrected chi connectivity index (χ1v) is 6.71. The van der Waals surface area contributed by atoms with Crippen molar-refractivity contribution in [3.05, 3.63) is 38.9 Å². The van der Waals surface area contributed by atoms with Crippen LogP contribution in [0.25, 0.3) is 10.9 Å². The van der Waals surface area contributed by atoms with Crippen LogP contribution < -0.4 is 10.9 Å².